The molecular weight excluding hydrogens is 460 g/mol. The molecule has 11 heteroatoms. The second kappa shape index (κ2) is 9.23. The van der Waals surface area contributed by atoms with Crippen LogP contribution in [0.15, 0.2) is 48.7 Å². The molecule has 170 valence electrons. The Morgan fingerprint density at radius 1 is 0.906 bits per heavy atom. The van der Waals surface area contributed by atoms with Gasteiger partial charge >= 0.3 is 12.4 Å². The third kappa shape index (κ3) is 5.82. The van der Waals surface area contributed by atoms with Crippen LogP contribution in [0.25, 0.3) is 10.9 Å². The molecule has 1 heterocycles. The summed E-state index contributed by atoms with van der Waals surface area (Å²) in [7, 11) is 0. The minimum absolute atomic E-state index is 0.0209. The zero-order valence-electron chi connectivity index (χ0n) is 16.2. The fourth-order valence-corrected chi connectivity index (χ4v) is 3.14. The Kier molecular flexibility index (Phi) is 6.82. The second-order valence-electron chi connectivity index (χ2n) is 6.85. The van der Waals surface area contributed by atoms with Gasteiger partial charge in [-0.25, -0.2) is 0 Å². The average Bonchev–Trinajstić information content (AvgIpc) is 2.71. The Balaban J connectivity index is 1.61. The first-order valence-electron chi connectivity index (χ1n) is 9.31. The Morgan fingerprint density at radius 3 is 2.19 bits per heavy atom. The highest BCUT2D eigenvalue weighted by atomic mass is 35.5. The molecule has 0 aliphatic rings. The standard InChI is InChI=1S/C21H16ClF6N3O/c22-15-2-3-16-17(4-7-30-18(16)11-15)29-5-1-6-31-19(32)12-8-13(20(23,24)25)10-14(9-12)21(26,27)28/h2-4,7-11H,1,5-6H2,(H,29,30)(H,31,32). The van der Waals surface area contributed by atoms with E-state index in [0.29, 0.717) is 35.6 Å². The van der Waals surface area contributed by atoms with Gasteiger partial charge in [0.15, 0.2) is 0 Å². The third-order valence-electron chi connectivity index (χ3n) is 4.51. The molecule has 3 aromatic rings. The quantitative estimate of drug-likeness (QED) is 0.332. The molecule has 2 aromatic carbocycles. The van der Waals surface area contributed by atoms with Crippen LogP contribution in [0.4, 0.5) is 32.0 Å². The molecule has 1 amide bonds. The number of carbonyl (C=O) groups excluding carboxylic acids is 1. The number of hydrogen-bond acceptors (Lipinski definition) is 3. The molecule has 4 nitrogen and oxygen atoms in total. The molecule has 0 radical (unpaired) electrons. The minimum atomic E-state index is -5.02. The van der Waals surface area contributed by atoms with Gasteiger partial charge in [0.1, 0.15) is 0 Å². The molecule has 0 fully saturated rings. The molecule has 0 saturated carbocycles. The monoisotopic (exact) mass is 475 g/mol. The number of carbonyl (C=O) groups is 1. The van der Waals surface area contributed by atoms with E-state index < -0.39 is 35.0 Å². The molecule has 0 aliphatic heterocycles. The van der Waals surface area contributed by atoms with Crippen molar-refractivity contribution in [3.8, 4) is 0 Å². The van der Waals surface area contributed by atoms with Crippen LogP contribution in [0, 0.1) is 0 Å². The number of nitrogens with one attached hydrogen (secondary N) is 2. The number of hydrogen-bond donors (Lipinski definition) is 2. The third-order valence-corrected chi connectivity index (χ3v) is 4.74. The van der Waals surface area contributed by atoms with Crippen LogP contribution in [-0.4, -0.2) is 24.0 Å². The number of alkyl halides is 6. The van der Waals surface area contributed by atoms with Crippen LogP contribution >= 0.6 is 11.6 Å². The van der Waals surface area contributed by atoms with Crippen LogP contribution in [0.3, 0.4) is 0 Å². The average molecular weight is 476 g/mol. The summed E-state index contributed by atoms with van der Waals surface area (Å²) < 4.78 is 77.6. The molecule has 0 saturated heterocycles. The number of halogens is 7. The highest BCUT2D eigenvalue weighted by Gasteiger charge is 2.37. The molecule has 2 N–H and O–H groups in total. The first kappa shape index (κ1) is 23.6. The van der Waals surface area contributed by atoms with Gasteiger partial charge < -0.3 is 10.6 Å². The van der Waals surface area contributed by atoms with Gasteiger partial charge in [-0.15, -0.1) is 0 Å². The Labute approximate surface area is 183 Å². The van der Waals surface area contributed by atoms with Gasteiger partial charge in [-0.1, -0.05) is 11.6 Å². The first-order chi connectivity index (χ1) is 14.9. The highest BCUT2D eigenvalue weighted by molar-refractivity contribution is 6.31. The maximum Gasteiger partial charge on any atom is 0.416 e. The summed E-state index contributed by atoms with van der Waals surface area (Å²) in [5.41, 5.74) is -2.34. The van der Waals surface area contributed by atoms with E-state index >= 15 is 0 Å². The van der Waals surface area contributed by atoms with Gasteiger partial charge in [-0.3, -0.25) is 9.78 Å². The Hall–Kier alpha value is -3.01. The van der Waals surface area contributed by atoms with E-state index in [1.807, 2.05) is 0 Å². The maximum atomic E-state index is 12.9. The smallest absolute Gasteiger partial charge is 0.384 e. The predicted octanol–water partition coefficient (Wildman–Crippen LogP) is 6.16. The zero-order chi connectivity index (χ0) is 23.5. The lowest BCUT2D eigenvalue weighted by Crippen LogP contribution is -2.26. The summed E-state index contributed by atoms with van der Waals surface area (Å²) in [5, 5.41) is 6.85. The SMILES string of the molecule is O=C(NCCCNc1ccnc2cc(Cl)ccc12)c1cc(C(F)(F)F)cc(C(F)(F)F)c1. The summed E-state index contributed by atoms with van der Waals surface area (Å²) in [4.78, 5) is 16.4. The van der Waals surface area contributed by atoms with Gasteiger partial charge in [0.05, 0.1) is 16.6 Å². The molecule has 0 unspecified atom stereocenters. The number of nitrogens with zero attached hydrogens (tertiary/aromatic N) is 1. The van der Waals surface area contributed by atoms with Crippen LogP contribution in [-0.2, 0) is 12.4 Å². The fraction of sp³-hybridized carbons (Fsp3) is 0.238. The largest absolute Gasteiger partial charge is 0.416 e. The number of pyridine rings is 1. The summed E-state index contributed by atoms with van der Waals surface area (Å²) >= 11 is 5.94. The molecule has 3 rings (SSSR count). The second-order valence-corrected chi connectivity index (χ2v) is 7.29. The molecule has 0 bridgehead atoms. The van der Waals surface area contributed by atoms with E-state index in [2.05, 4.69) is 15.6 Å². The molecule has 0 spiro atoms. The predicted molar refractivity (Wildman–Crippen MR) is 109 cm³/mol. The summed E-state index contributed by atoms with van der Waals surface area (Å²) in [6.07, 6.45) is -8.07. The molecular formula is C21H16ClF6N3O. The van der Waals surface area contributed by atoms with Crippen LogP contribution < -0.4 is 10.6 Å². The molecule has 0 atom stereocenters. The lowest BCUT2D eigenvalue weighted by atomic mass is 10.0. The minimum Gasteiger partial charge on any atom is -0.384 e. The lowest BCUT2D eigenvalue weighted by Gasteiger charge is -2.14. The maximum absolute atomic E-state index is 12.9. The fourth-order valence-electron chi connectivity index (χ4n) is 2.98. The van der Waals surface area contributed by atoms with Crippen molar-refractivity contribution < 1.29 is 31.1 Å². The molecule has 32 heavy (non-hydrogen) atoms. The van der Waals surface area contributed by atoms with Gasteiger partial charge in [-0.05, 0) is 48.9 Å². The number of amides is 1. The van der Waals surface area contributed by atoms with Crippen molar-refractivity contribution in [2.24, 2.45) is 0 Å². The zero-order valence-corrected chi connectivity index (χ0v) is 17.0. The van der Waals surface area contributed by atoms with Crippen molar-refractivity contribution >= 4 is 34.1 Å². The van der Waals surface area contributed by atoms with Crippen molar-refractivity contribution in [2.45, 2.75) is 18.8 Å². The summed E-state index contributed by atoms with van der Waals surface area (Å²) in [5.74, 6) is -1.02. The number of rotatable bonds is 6. The number of anilines is 1. The van der Waals surface area contributed by atoms with Crippen LogP contribution in [0.1, 0.15) is 27.9 Å². The summed E-state index contributed by atoms with van der Waals surface area (Å²) in [6.45, 7) is 0.427. The highest BCUT2D eigenvalue weighted by Crippen LogP contribution is 2.36. The molecule has 0 aliphatic carbocycles. The molecule has 1 aromatic heterocycles. The van der Waals surface area contributed by atoms with Gasteiger partial charge in [0, 0.05) is 40.9 Å². The van der Waals surface area contributed by atoms with Crippen molar-refractivity contribution in [3.63, 3.8) is 0 Å². The topological polar surface area (TPSA) is 54.0 Å². The van der Waals surface area contributed by atoms with Crippen LogP contribution in [0.5, 0.6) is 0 Å². The number of benzene rings is 2. The van der Waals surface area contributed by atoms with Gasteiger partial charge in [-0.2, -0.15) is 26.3 Å². The van der Waals surface area contributed by atoms with E-state index in [4.69, 9.17) is 11.6 Å². The van der Waals surface area contributed by atoms with Gasteiger partial charge in [0.2, 0.25) is 0 Å². The van der Waals surface area contributed by atoms with E-state index in [1.54, 1.807) is 30.5 Å². The van der Waals surface area contributed by atoms with Crippen molar-refractivity contribution in [1.29, 1.82) is 0 Å². The normalized spacial score (nSPS) is 12.1. The Morgan fingerprint density at radius 2 is 1.56 bits per heavy atom. The van der Waals surface area contributed by atoms with E-state index in [1.165, 1.54) is 0 Å². The lowest BCUT2D eigenvalue weighted by molar-refractivity contribution is -0.143. The van der Waals surface area contributed by atoms with Crippen molar-refractivity contribution in [3.05, 3.63) is 70.4 Å². The van der Waals surface area contributed by atoms with E-state index in [9.17, 15) is 31.1 Å². The summed E-state index contributed by atoms with van der Waals surface area (Å²) in [6, 6.07) is 7.73. The van der Waals surface area contributed by atoms with Crippen molar-refractivity contribution in [1.82, 2.24) is 10.3 Å². The van der Waals surface area contributed by atoms with Gasteiger partial charge in [0.25, 0.3) is 5.91 Å². The number of aromatic nitrogens is 1. The van der Waals surface area contributed by atoms with E-state index in [-0.39, 0.29) is 12.6 Å². The first-order valence-corrected chi connectivity index (χ1v) is 9.69. The Bertz CT molecular complexity index is 1100. The van der Waals surface area contributed by atoms with Crippen molar-refractivity contribution in [2.75, 3.05) is 18.4 Å². The van der Waals surface area contributed by atoms with E-state index in [0.717, 1.165) is 11.1 Å². The van der Waals surface area contributed by atoms with Crippen LogP contribution in [0.2, 0.25) is 5.02 Å². The number of fused-ring (bicyclic) bond motifs is 1.